The van der Waals surface area contributed by atoms with E-state index < -0.39 is 0 Å². The van der Waals surface area contributed by atoms with Gasteiger partial charge in [0.15, 0.2) is 5.78 Å². The van der Waals surface area contributed by atoms with Gasteiger partial charge in [-0.25, -0.2) is 0 Å². The number of para-hydroxylation sites is 1. The van der Waals surface area contributed by atoms with Crippen LogP contribution >= 0.6 is 0 Å². The molecule has 0 saturated carbocycles. The summed E-state index contributed by atoms with van der Waals surface area (Å²) in [6.45, 7) is 0.495. The number of benzene rings is 2. The van der Waals surface area contributed by atoms with E-state index in [1.807, 2.05) is 66.7 Å². The van der Waals surface area contributed by atoms with Gasteiger partial charge in [-0.15, -0.1) is 0 Å². The van der Waals surface area contributed by atoms with Crippen LogP contribution in [0.15, 0.2) is 85.2 Å². The zero-order chi connectivity index (χ0) is 17.3. The van der Waals surface area contributed by atoms with Crippen LogP contribution < -0.4 is 4.74 Å². The fourth-order valence-electron chi connectivity index (χ4n) is 2.43. The van der Waals surface area contributed by atoms with Gasteiger partial charge in [-0.05, 0) is 35.4 Å². The Bertz CT molecular complexity index is 842. The van der Waals surface area contributed by atoms with Gasteiger partial charge < -0.3 is 4.74 Å². The fourth-order valence-corrected chi connectivity index (χ4v) is 2.43. The molecule has 0 aliphatic heterocycles. The molecular weight excluding hydrogens is 310 g/mol. The van der Waals surface area contributed by atoms with Crippen molar-refractivity contribution >= 4 is 11.9 Å². The molecule has 0 radical (unpaired) electrons. The van der Waals surface area contributed by atoms with Crippen LogP contribution in [0, 0.1) is 0 Å². The maximum atomic E-state index is 12.1. The second-order valence-electron chi connectivity index (χ2n) is 5.65. The zero-order valence-electron chi connectivity index (χ0n) is 13.8. The average Bonchev–Trinajstić information content (AvgIpc) is 2.67. The molecule has 3 heteroatoms. The van der Waals surface area contributed by atoms with E-state index in [9.17, 15) is 4.79 Å². The molecule has 0 saturated heterocycles. The maximum Gasteiger partial charge on any atom is 0.160 e. The molecule has 1 aromatic heterocycles. The van der Waals surface area contributed by atoms with Gasteiger partial charge in [0.2, 0.25) is 0 Å². The molecule has 3 aromatic rings. The number of rotatable bonds is 7. The number of allylic oxidation sites excluding steroid dienone is 1. The number of ether oxygens (including phenoxy) is 1. The fraction of sp³-hybridized carbons (Fsp3) is 0.0909. The Morgan fingerprint density at radius 2 is 1.68 bits per heavy atom. The molecule has 2 aromatic carbocycles. The number of hydrogen-bond acceptors (Lipinski definition) is 3. The molecular formula is C22H19NO2. The average molecular weight is 329 g/mol. The summed E-state index contributed by atoms with van der Waals surface area (Å²) in [5.74, 6) is 0.794. The highest BCUT2D eigenvalue weighted by atomic mass is 16.5. The first-order chi connectivity index (χ1) is 12.3. The predicted molar refractivity (Wildman–Crippen MR) is 99.2 cm³/mol. The predicted octanol–water partition coefficient (Wildman–Crippen LogP) is 4.49. The van der Waals surface area contributed by atoms with E-state index in [0.717, 1.165) is 22.4 Å². The number of nitrogens with zero attached hydrogens (tertiary/aromatic N) is 1. The van der Waals surface area contributed by atoms with Crippen LogP contribution in [-0.2, 0) is 17.8 Å². The topological polar surface area (TPSA) is 39.2 Å². The minimum atomic E-state index is 0.0332. The van der Waals surface area contributed by atoms with E-state index in [0.29, 0.717) is 13.0 Å². The van der Waals surface area contributed by atoms with E-state index in [-0.39, 0.29) is 5.78 Å². The summed E-state index contributed by atoms with van der Waals surface area (Å²) < 4.78 is 5.90. The highest BCUT2D eigenvalue weighted by Gasteiger charge is 2.03. The maximum absolute atomic E-state index is 12.1. The third-order valence-electron chi connectivity index (χ3n) is 3.71. The number of ketones is 1. The molecule has 3 nitrogen and oxygen atoms in total. The molecule has 0 spiro atoms. The van der Waals surface area contributed by atoms with E-state index in [4.69, 9.17) is 4.74 Å². The lowest BCUT2D eigenvalue weighted by atomic mass is 10.1. The van der Waals surface area contributed by atoms with E-state index in [1.165, 1.54) is 0 Å². The van der Waals surface area contributed by atoms with Crippen LogP contribution in [0.25, 0.3) is 6.08 Å². The molecule has 0 bridgehead atoms. The van der Waals surface area contributed by atoms with Gasteiger partial charge in [0.05, 0.1) is 0 Å². The largest absolute Gasteiger partial charge is 0.488 e. The minimum absolute atomic E-state index is 0.0332. The number of carbonyl (C=O) groups excluding carboxylic acids is 1. The van der Waals surface area contributed by atoms with Crippen molar-refractivity contribution < 1.29 is 9.53 Å². The molecule has 3 rings (SSSR count). The Morgan fingerprint density at radius 1 is 0.920 bits per heavy atom. The van der Waals surface area contributed by atoms with Crippen LogP contribution in [-0.4, -0.2) is 10.8 Å². The van der Waals surface area contributed by atoms with Crippen LogP contribution in [0.4, 0.5) is 0 Å². The SMILES string of the molecule is O=C(C=Cc1ccccc1OCc1ccccc1)Cc1cccnc1. The summed E-state index contributed by atoms with van der Waals surface area (Å²) in [7, 11) is 0. The van der Waals surface area contributed by atoms with E-state index >= 15 is 0 Å². The first kappa shape index (κ1) is 16.7. The highest BCUT2D eigenvalue weighted by Crippen LogP contribution is 2.21. The van der Waals surface area contributed by atoms with Crippen molar-refractivity contribution in [3.05, 3.63) is 102 Å². The summed E-state index contributed by atoms with van der Waals surface area (Å²) in [6, 6.07) is 21.4. The molecule has 124 valence electrons. The second-order valence-corrected chi connectivity index (χ2v) is 5.65. The normalized spacial score (nSPS) is 10.7. The van der Waals surface area contributed by atoms with Gasteiger partial charge in [0.1, 0.15) is 12.4 Å². The van der Waals surface area contributed by atoms with Crippen molar-refractivity contribution in [2.24, 2.45) is 0 Å². The lowest BCUT2D eigenvalue weighted by molar-refractivity contribution is -0.113. The third kappa shape index (κ3) is 5.15. The van der Waals surface area contributed by atoms with E-state index in [2.05, 4.69) is 4.98 Å². The molecule has 1 heterocycles. The number of aromatic nitrogens is 1. The summed E-state index contributed by atoms with van der Waals surface area (Å²) >= 11 is 0. The van der Waals surface area contributed by atoms with Crippen LogP contribution in [0.5, 0.6) is 5.75 Å². The van der Waals surface area contributed by atoms with Gasteiger partial charge in [-0.3, -0.25) is 9.78 Å². The number of carbonyl (C=O) groups is 1. The van der Waals surface area contributed by atoms with Crippen LogP contribution in [0.3, 0.4) is 0 Å². The molecule has 25 heavy (non-hydrogen) atoms. The molecule has 0 amide bonds. The van der Waals surface area contributed by atoms with Crippen LogP contribution in [0.2, 0.25) is 0 Å². The summed E-state index contributed by atoms with van der Waals surface area (Å²) in [5.41, 5.74) is 2.90. The van der Waals surface area contributed by atoms with Crippen molar-refractivity contribution in [3.8, 4) is 5.75 Å². The molecule has 0 aliphatic carbocycles. The number of pyridine rings is 1. The summed E-state index contributed by atoms with van der Waals surface area (Å²) in [6.07, 6.45) is 7.15. The van der Waals surface area contributed by atoms with Gasteiger partial charge in [0.25, 0.3) is 0 Å². The lowest BCUT2D eigenvalue weighted by Gasteiger charge is -2.09. The van der Waals surface area contributed by atoms with Crippen molar-refractivity contribution in [3.63, 3.8) is 0 Å². The first-order valence-electron chi connectivity index (χ1n) is 8.17. The quantitative estimate of drug-likeness (QED) is 0.600. The lowest BCUT2D eigenvalue weighted by Crippen LogP contribution is -1.99. The van der Waals surface area contributed by atoms with Crippen molar-refractivity contribution in [2.75, 3.05) is 0 Å². The summed E-state index contributed by atoms with van der Waals surface area (Å²) in [4.78, 5) is 16.1. The third-order valence-corrected chi connectivity index (χ3v) is 3.71. The smallest absolute Gasteiger partial charge is 0.160 e. The molecule has 0 N–H and O–H groups in total. The van der Waals surface area contributed by atoms with Gasteiger partial charge in [-0.2, -0.15) is 0 Å². The Labute approximate surface area is 147 Å². The number of hydrogen-bond donors (Lipinski definition) is 0. The van der Waals surface area contributed by atoms with Crippen LogP contribution in [0.1, 0.15) is 16.7 Å². The van der Waals surface area contributed by atoms with Crippen molar-refractivity contribution in [1.29, 1.82) is 0 Å². The first-order valence-corrected chi connectivity index (χ1v) is 8.17. The minimum Gasteiger partial charge on any atom is -0.488 e. The molecule has 0 unspecified atom stereocenters. The molecule has 0 aliphatic rings. The van der Waals surface area contributed by atoms with Gasteiger partial charge in [-0.1, -0.05) is 54.6 Å². The monoisotopic (exact) mass is 329 g/mol. The van der Waals surface area contributed by atoms with Gasteiger partial charge in [0, 0.05) is 24.4 Å². The molecule has 0 atom stereocenters. The highest BCUT2D eigenvalue weighted by molar-refractivity contribution is 5.95. The van der Waals surface area contributed by atoms with E-state index in [1.54, 1.807) is 24.5 Å². The summed E-state index contributed by atoms with van der Waals surface area (Å²) in [5, 5.41) is 0. The Kier molecular flexibility index (Phi) is 5.73. The van der Waals surface area contributed by atoms with Gasteiger partial charge >= 0.3 is 0 Å². The standard InChI is InChI=1S/C22H19NO2/c24-21(15-19-9-6-14-23-16-19)13-12-20-10-4-5-11-22(20)25-17-18-7-2-1-3-8-18/h1-14,16H,15,17H2. The Balaban J connectivity index is 1.65. The van der Waals surface area contributed by atoms with Crippen molar-refractivity contribution in [1.82, 2.24) is 4.98 Å². The second kappa shape index (κ2) is 8.60. The van der Waals surface area contributed by atoms with Crippen molar-refractivity contribution in [2.45, 2.75) is 13.0 Å². The molecule has 0 fully saturated rings. The zero-order valence-corrected chi connectivity index (χ0v) is 13.8. The Morgan fingerprint density at radius 3 is 2.48 bits per heavy atom. The Hall–Kier alpha value is -3.20.